The number of hydrogen-bond donors (Lipinski definition) is 0. The third kappa shape index (κ3) is 4.20. The molecule has 1 heteroatoms. The lowest BCUT2D eigenvalue weighted by atomic mass is 10.0. The maximum Gasteiger partial charge on any atom is 0.123 e. The van der Waals surface area contributed by atoms with E-state index in [1.165, 1.54) is 29.7 Å². The molecule has 0 spiro atoms. The topological polar surface area (TPSA) is 0 Å². The summed E-state index contributed by atoms with van der Waals surface area (Å²) in [6.07, 6.45) is 6.55. The van der Waals surface area contributed by atoms with Crippen molar-refractivity contribution in [2.24, 2.45) is 0 Å². The van der Waals surface area contributed by atoms with Crippen molar-refractivity contribution in [2.45, 2.75) is 19.8 Å². The summed E-state index contributed by atoms with van der Waals surface area (Å²) in [5.74, 6) is -0.205. The zero-order valence-corrected chi connectivity index (χ0v) is 13.9. The van der Waals surface area contributed by atoms with Gasteiger partial charge in [0, 0.05) is 0 Å². The van der Waals surface area contributed by atoms with Gasteiger partial charge in [0.05, 0.1) is 0 Å². The standard InChI is InChI=1S/C23H21F/c1-2-3-18-4-6-19(7-5-18)8-9-20-10-12-21(13-11-20)22-14-16-23(24)17-15-22/h4-17H,2-3H2,1H3. The van der Waals surface area contributed by atoms with Crippen molar-refractivity contribution in [2.75, 3.05) is 0 Å². The van der Waals surface area contributed by atoms with Gasteiger partial charge in [0.1, 0.15) is 5.82 Å². The maximum absolute atomic E-state index is 13.0. The van der Waals surface area contributed by atoms with Crippen molar-refractivity contribution < 1.29 is 4.39 Å². The van der Waals surface area contributed by atoms with Crippen LogP contribution in [0.3, 0.4) is 0 Å². The summed E-state index contributed by atoms with van der Waals surface area (Å²) in [7, 11) is 0. The molecule has 0 bridgehead atoms. The van der Waals surface area contributed by atoms with Gasteiger partial charge in [0.15, 0.2) is 0 Å². The first-order chi connectivity index (χ1) is 11.7. The first-order valence-electron chi connectivity index (χ1n) is 8.37. The van der Waals surface area contributed by atoms with Gasteiger partial charge in [0.2, 0.25) is 0 Å². The lowest BCUT2D eigenvalue weighted by molar-refractivity contribution is 0.628. The highest BCUT2D eigenvalue weighted by molar-refractivity contribution is 5.72. The van der Waals surface area contributed by atoms with Crippen LogP contribution in [0.15, 0.2) is 72.8 Å². The number of rotatable bonds is 5. The van der Waals surface area contributed by atoms with E-state index in [9.17, 15) is 4.39 Å². The molecule has 0 nitrogen and oxygen atoms in total. The first kappa shape index (κ1) is 16.2. The van der Waals surface area contributed by atoms with E-state index in [0.717, 1.165) is 23.1 Å². The van der Waals surface area contributed by atoms with Crippen LogP contribution in [-0.2, 0) is 6.42 Å². The molecule has 0 heterocycles. The summed E-state index contributed by atoms with van der Waals surface area (Å²) < 4.78 is 13.0. The Bertz CT molecular complexity index is 794. The van der Waals surface area contributed by atoms with Gasteiger partial charge in [-0.25, -0.2) is 4.39 Å². The highest BCUT2D eigenvalue weighted by Crippen LogP contribution is 2.21. The van der Waals surface area contributed by atoms with Gasteiger partial charge in [-0.05, 0) is 46.4 Å². The molecular formula is C23H21F. The molecule has 0 amide bonds. The fourth-order valence-electron chi connectivity index (χ4n) is 2.71. The van der Waals surface area contributed by atoms with Crippen molar-refractivity contribution in [1.82, 2.24) is 0 Å². The van der Waals surface area contributed by atoms with E-state index >= 15 is 0 Å². The lowest BCUT2D eigenvalue weighted by Crippen LogP contribution is -1.82. The Morgan fingerprint density at radius 2 is 1.12 bits per heavy atom. The largest absolute Gasteiger partial charge is 0.207 e. The summed E-state index contributed by atoms with van der Waals surface area (Å²) in [6.45, 7) is 2.20. The van der Waals surface area contributed by atoms with Crippen LogP contribution in [0.4, 0.5) is 4.39 Å². The number of aryl methyl sites for hydroxylation is 1. The Labute approximate surface area is 143 Å². The lowest BCUT2D eigenvalue weighted by Gasteiger charge is -2.02. The molecule has 0 radical (unpaired) electrons. The quantitative estimate of drug-likeness (QED) is 0.464. The minimum Gasteiger partial charge on any atom is -0.207 e. The normalized spacial score (nSPS) is 11.1. The summed E-state index contributed by atoms with van der Waals surface area (Å²) in [6, 6.07) is 23.6. The molecule has 0 unspecified atom stereocenters. The smallest absolute Gasteiger partial charge is 0.123 e. The molecule has 0 saturated carbocycles. The van der Waals surface area contributed by atoms with Crippen LogP contribution < -0.4 is 0 Å². The molecule has 3 aromatic rings. The highest BCUT2D eigenvalue weighted by Gasteiger charge is 1.98. The number of halogens is 1. The molecule has 0 aliphatic rings. The molecule has 0 atom stereocenters. The zero-order valence-electron chi connectivity index (χ0n) is 13.9. The van der Waals surface area contributed by atoms with E-state index in [4.69, 9.17) is 0 Å². The van der Waals surface area contributed by atoms with Gasteiger partial charge in [-0.15, -0.1) is 0 Å². The van der Waals surface area contributed by atoms with Crippen molar-refractivity contribution in [3.05, 3.63) is 95.3 Å². The second kappa shape index (κ2) is 7.74. The van der Waals surface area contributed by atoms with Crippen molar-refractivity contribution in [3.8, 4) is 11.1 Å². The van der Waals surface area contributed by atoms with E-state index in [0.29, 0.717) is 0 Å². The fraction of sp³-hybridized carbons (Fsp3) is 0.130. The van der Waals surface area contributed by atoms with Gasteiger partial charge in [-0.2, -0.15) is 0 Å². The molecule has 0 fully saturated rings. The van der Waals surface area contributed by atoms with E-state index in [1.807, 2.05) is 0 Å². The van der Waals surface area contributed by atoms with Gasteiger partial charge in [0.25, 0.3) is 0 Å². The van der Waals surface area contributed by atoms with E-state index in [2.05, 4.69) is 67.6 Å². The molecule has 0 aliphatic heterocycles. The Balaban J connectivity index is 1.70. The van der Waals surface area contributed by atoms with Gasteiger partial charge in [-0.3, -0.25) is 0 Å². The Hall–Kier alpha value is -2.67. The van der Waals surface area contributed by atoms with Crippen molar-refractivity contribution in [1.29, 1.82) is 0 Å². The SMILES string of the molecule is CCCc1ccc(C=Cc2ccc(-c3ccc(F)cc3)cc2)cc1. The van der Waals surface area contributed by atoms with Crippen LogP contribution in [0.25, 0.3) is 23.3 Å². The van der Waals surface area contributed by atoms with Gasteiger partial charge < -0.3 is 0 Å². The first-order valence-corrected chi connectivity index (χ1v) is 8.37. The minimum absolute atomic E-state index is 0.205. The molecule has 3 aromatic carbocycles. The average molecular weight is 316 g/mol. The summed E-state index contributed by atoms with van der Waals surface area (Å²) >= 11 is 0. The summed E-state index contributed by atoms with van der Waals surface area (Å²) in [5, 5.41) is 0. The van der Waals surface area contributed by atoms with E-state index < -0.39 is 0 Å². The molecule has 0 aliphatic carbocycles. The summed E-state index contributed by atoms with van der Waals surface area (Å²) in [5.41, 5.74) is 5.86. The fourth-order valence-corrected chi connectivity index (χ4v) is 2.71. The third-order valence-corrected chi connectivity index (χ3v) is 4.07. The third-order valence-electron chi connectivity index (χ3n) is 4.07. The Morgan fingerprint density at radius 3 is 1.62 bits per heavy atom. The van der Waals surface area contributed by atoms with Crippen LogP contribution in [0.1, 0.15) is 30.0 Å². The predicted molar refractivity (Wildman–Crippen MR) is 101 cm³/mol. The minimum atomic E-state index is -0.205. The summed E-state index contributed by atoms with van der Waals surface area (Å²) in [4.78, 5) is 0. The molecule has 24 heavy (non-hydrogen) atoms. The predicted octanol–water partition coefficient (Wildman–Crippen LogP) is 6.62. The maximum atomic E-state index is 13.0. The average Bonchev–Trinajstić information content (AvgIpc) is 2.63. The molecule has 0 N–H and O–H groups in total. The van der Waals surface area contributed by atoms with Crippen LogP contribution in [-0.4, -0.2) is 0 Å². The van der Waals surface area contributed by atoms with E-state index in [1.54, 1.807) is 12.1 Å². The van der Waals surface area contributed by atoms with Crippen molar-refractivity contribution in [3.63, 3.8) is 0 Å². The van der Waals surface area contributed by atoms with Crippen molar-refractivity contribution >= 4 is 12.2 Å². The molecule has 3 rings (SSSR count). The van der Waals surface area contributed by atoms with Gasteiger partial charge >= 0.3 is 0 Å². The number of benzene rings is 3. The zero-order chi connectivity index (χ0) is 16.8. The number of hydrogen-bond acceptors (Lipinski definition) is 0. The molecular weight excluding hydrogens is 295 g/mol. The van der Waals surface area contributed by atoms with Crippen LogP contribution >= 0.6 is 0 Å². The Kier molecular flexibility index (Phi) is 5.22. The monoisotopic (exact) mass is 316 g/mol. The molecule has 0 aromatic heterocycles. The second-order valence-corrected chi connectivity index (χ2v) is 5.95. The van der Waals surface area contributed by atoms with Crippen LogP contribution in [0, 0.1) is 5.82 Å². The van der Waals surface area contributed by atoms with Crippen LogP contribution in [0.5, 0.6) is 0 Å². The van der Waals surface area contributed by atoms with Gasteiger partial charge in [-0.1, -0.05) is 86.2 Å². The second-order valence-electron chi connectivity index (χ2n) is 5.95. The van der Waals surface area contributed by atoms with Crippen LogP contribution in [0.2, 0.25) is 0 Å². The molecule has 120 valence electrons. The highest BCUT2D eigenvalue weighted by atomic mass is 19.1. The van der Waals surface area contributed by atoms with E-state index in [-0.39, 0.29) is 5.82 Å². The Morgan fingerprint density at radius 1 is 0.667 bits per heavy atom. The molecule has 0 saturated heterocycles.